The molecule has 0 aliphatic carbocycles. The Morgan fingerprint density at radius 3 is 2.91 bits per heavy atom. The standard InChI is InChI=1S/C16H24ClN5O/c1-4-13-12(16(17)22(3)20-13)10-18-9-11-6-8-23-15(11)14-5-7-19-21(14)2/h5,7,11,15,18H,4,6,8-10H2,1-3H3/t11-,15+/m0/s1. The Kier molecular flexibility index (Phi) is 5.04. The lowest BCUT2D eigenvalue weighted by Crippen LogP contribution is -2.25. The van der Waals surface area contributed by atoms with Crippen LogP contribution in [0.25, 0.3) is 0 Å². The van der Waals surface area contributed by atoms with E-state index in [1.54, 1.807) is 4.68 Å². The highest BCUT2D eigenvalue weighted by Gasteiger charge is 2.31. The third kappa shape index (κ3) is 3.29. The number of halogens is 1. The van der Waals surface area contributed by atoms with Crippen molar-refractivity contribution >= 4 is 11.6 Å². The zero-order chi connectivity index (χ0) is 16.4. The summed E-state index contributed by atoms with van der Waals surface area (Å²) in [7, 11) is 3.85. The topological polar surface area (TPSA) is 56.9 Å². The molecule has 0 unspecified atom stereocenters. The van der Waals surface area contributed by atoms with E-state index in [0.717, 1.165) is 54.6 Å². The van der Waals surface area contributed by atoms with Crippen LogP contribution in [-0.2, 0) is 31.8 Å². The molecule has 7 heteroatoms. The molecule has 1 aliphatic rings. The zero-order valence-electron chi connectivity index (χ0n) is 13.9. The van der Waals surface area contributed by atoms with Crippen LogP contribution in [-0.4, -0.2) is 32.7 Å². The molecule has 2 atom stereocenters. The molecule has 2 aromatic heterocycles. The summed E-state index contributed by atoms with van der Waals surface area (Å²) in [4.78, 5) is 0. The highest BCUT2D eigenvalue weighted by atomic mass is 35.5. The van der Waals surface area contributed by atoms with Gasteiger partial charge in [0, 0.05) is 51.5 Å². The number of hydrogen-bond donors (Lipinski definition) is 1. The van der Waals surface area contributed by atoms with Crippen LogP contribution in [0.5, 0.6) is 0 Å². The Morgan fingerprint density at radius 1 is 1.39 bits per heavy atom. The summed E-state index contributed by atoms with van der Waals surface area (Å²) < 4.78 is 9.57. The Morgan fingerprint density at radius 2 is 2.22 bits per heavy atom. The highest BCUT2D eigenvalue weighted by Crippen LogP contribution is 2.33. The Hall–Kier alpha value is -1.37. The van der Waals surface area contributed by atoms with Crippen molar-refractivity contribution in [3.63, 3.8) is 0 Å². The summed E-state index contributed by atoms with van der Waals surface area (Å²) in [6.07, 6.45) is 3.89. The lowest BCUT2D eigenvalue weighted by Gasteiger charge is -2.19. The van der Waals surface area contributed by atoms with E-state index in [9.17, 15) is 0 Å². The molecule has 1 fully saturated rings. The number of nitrogens with zero attached hydrogens (tertiary/aromatic N) is 4. The number of aromatic nitrogens is 4. The molecule has 3 heterocycles. The number of nitrogens with one attached hydrogen (secondary N) is 1. The van der Waals surface area contributed by atoms with Crippen LogP contribution in [0.2, 0.25) is 5.15 Å². The minimum absolute atomic E-state index is 0.116. The van der Waals surface area contributed by atoms with Gasteiger partial charge in [0.1, 0.15) is 11.3 Å². The molecule has 1 aliphatic heterocycles. The van der Waals surface area contributed by atoms with Crippen LogP contribution < -0.4 is 5.32 Å². The Bertz CT molecular complexity index is 665. The molecule has 126 valence electrons. The molecule has 23 heavy (non-hydrogen) atoms. The molecule has 1 N–H and O–H groups in total. The van der Waals surface area contributed by atoms with E-state index in [-0.39, 0.29) is 6.10 Å². The largest absolute Gasteiger partial charge is 0.372 e. The molecule has 6 nitrogen and oxygen atoms in total. The lowest BCUT2D eigenvalue weighted by molar-refractivity contribution is 0.0838. The Balaban J connectivity index is 1.61. The minimum Gasteiger partial charge on any atom is -0.372 e. The van der Waals surface area contributed by atoms with Crippen molar-refractivity contribution in [2.75, 3.05) is 13.2 Å². The predicted molar refractivity (Wildman–Crippen MR) is 89.3 cm³/mol. The molecule has 0 amide bonds. The third-order valence-corrected chi connectivity index (χ3v) is 5.03. The summed E-state index contributed by atoms with van der Waals surface area (Å²) in [5, 5.41) is 13.0. The van der Waals surface area contributed by atoms with Crippen molar-refractivity contribution in [3.05, 3.63) is 34.4 Å². The SMILES string of the molecule is CCc1nn(C)c(Cl)c1CNC[C@@H]1CCO[C@H]1c1ccnn1C. The van der Waals surface area contributed by atoms with E-state index in [4.69, 9.17) is 16.3 Å². The lowest BCUT2D eigenvalue weighted by atomic mass is 9.99. The third-order valence-electron chi connectivity index (χ3n) is 4.56. The van der Waals surface area contributed by atoms with Gasteiger partial charge in [-0.25, -0.2) is 0 Å². The van der Waals surface area contributed by atoms with Gasteiger partial charge in [0.15, 0.2) is 0 Å². The summed E-state index contributed by atoms with van der Waals surface area (Å²) in [6.45, 7) is 4.54. The number of aryl methyl sites for hydroxylation is 3. The van der Waals surface area contributed by atoms with Gasteiger partial charge >= 0.3 is 0 Å². The van der Waals surface area contributed by atoms with Crippen molar-refractivity contribution in [1.82, 2.24) is 24.9 Å². The van der Waals surface area contributed by atoms with Crippen LogP contribution >= 0.6 is 11.6 Å². The average Bonchev–Trinajstić information content (AvgIpc) is 3.22. The molecule has 0 aromatic carbocycles. The maximum absolute atomic E-state index is 6.34. The fourth-order valence-corrected chi connectivity index (χ4v) is 3.49. The number of hydrogen-bond acceptors (Lipinski definition) is 4. The number of rotatable bonds is 6. The maximum atomic E-state index is 6.34. The van der Waals surface area contributed by atoms with Gasteiger partial charge in [-0.3, -0.25) is 9.36 Å². The molecule has 0 radical (unpaired) electrons. The van der Waals surface area contributed by atoms with E-state index in [0.29, 0.717) is 5.92 Å². The number of ether oxygens (including phenoxy) is 1. The van der Waals surface area contributed by atoms with Gasteiger partial charge < -0.3 is 10.1 Å². The summed E-state index contributed by atoms with van der Waals surface area (Å²) in [6, 6.07) is 2.04. The van der Waals surface area contributed by atoms with Crippen molar-refractivity contribution < 1.29 is 4.74 Å². The van der Waals surface area contributed by atoms with Gasteiger partial charge in [-0.05, 0) is 18.9 Å². The maximum Gasteiger partial charge on any atom is 0.131 e. The van der Waals surface area contributed by atoms with Crippen LogP contribution in [0, 0.1) is 5.92 Å². The first-order chi connectivity index (χ1) is 11.1. The second kappa shape index (κ2) is 7.03. The quantitative estimate of drug-likeness (QED) is 0.878. The van der Waals surface area contributed by atoms with Gasteiger partial charge in [-0.2, -0.15) is 10.2 Å². The normalized spacial score (nSPS) is 21.2. The first-order valence-corrected chi connectivity index (χ1v) is 8.50. The van der Waals surface area contributed by atoms with Crippen LogP contribution in [0.1, 0.15) is 36.4 Å². The van der Waals surface area contributed by atoms with Crippen LogP contribution in [0.4, 0.5) is 0 Å². The van der Waals surface area contributed by atoms with E-state index >= 15 is 0 Å². The molecule has 3 rings (SSSR count). The summed E-state index contributed by atoms with van der Waals surface area (Å²) >= 11 is 6.34. The van der Waals surface area contributed by atoms with Crippen molar-refractivity contribution in [1.29, 1.82) is 0 Å². The van der Waals surface area contributed by atoms with Gasteiger partial charge in [0.25, 0.3) is 0 Å². The van der Waals surface area contributed by atoms with E-state index in [2.05, 4.69) is 22.4 Å². The second-order valence-corrected chi connectivity index (χ2v) is 6.40. The van der Waals surface area contributed by atoms with Gasteiger partial charge in [-0.15, -0.1) is 0 Å². The minimum atomic E-state index is 0.116. The Labute approximate surface area is 141 Å². The molecule has 0 saturated carbocycles. The summed E-state index contributed by atoms with van der Waals surface area (Å²) in [5.41, 5.74) is 3.31. The predicted octanol–water partition coefficient (Wildman–Crippen LogP) is 2.24. The van der Waals surface area contributed by atoms with Gasteiger partial charge in [0.05, 0.1) is 11.4 Å². The first kappa shape index (κ1) is 16.5. The molecule has 1 saturated heterocycles. The first-order valence-electron chi connectivity index (χ1n) is 8.12. The fourth-order valence-electron chi connectivity index (χ4n) is 3.27. The fraction of sp³-hybridized carbons (Fsp3) is 0.625. The van der Waals surface area contributed by atoms with Crippen molar-refractivity contribution in [2.24, 2.45) is 20.0 Å². The second-order valence-electron chi connectivity index (χ2n) is 6.04. The van der Waals surface area contributed by atoms with Crippen LogP contribution in [0.15, 0.2) is 12.3 Å². The highest BCUT2D eigenvalue weighted by molar-refractivity contribution is 6.30. The van der Waals surface area contributed by atoms with Gasteiger partial charge in [0.2, 0.25) is 0 Å². The monoisotopic (exact) mass is 337 g/mol. The zero-order valence-corrected chi connectivity index (χ0v) is 14.7. The average molecular weight is 338 g/mol. The van der Waals surface area contributed by atoms with E-state index in [1.165, 1.54) is 0 Å². The van der Waals surface area contributed by atoms with Crippen molar-refractivity contribution in [3.8, 4) is 0 Å². The van der Waals surface area contributed by atoms with E-state index < -0.39 is 0 Å². The molecule has 0 bridgehead atoms. The van der Waals surface area contributed by atoms with Crippen LogP contribution in [0.3, 0.4) is 0 Å². The summed E-state index contributed by atoms with van der Waals surface area (Å²) in [5.74, 6) is 0.450. The van der Waals surface area contributed by atoms with E-state index in [1.807, 2.05) is 31.0 Å². The van der Waals surface area contributed by atoms with Crippen molar-refractivity contribution in [2.45, 2.75) is 32.4 Å². The molecule has 2 aromatic rings. The van der Waals surface area contributed by atoms with Gasteiger partial charge in [-0.1, -0.05) is 18.5 Å². The molecule has 0 spiro atoms. The smallest absolute Gasteiger partial charge is 0.131 e. The molecular formula is C16H24ClN5O. The molecular weight excluding hydrogens is 314 g/mol.